The third-order valence-corrected chi connectivity index (χ3v) is 8.43. The zero-order chi connectivity index (χ0) is 28.2. The van der Waals surface area contributed by atoms with Crippen LogP contribution < -0.4 is 16.4 Å². The van der Waals surface area contributed by atoms with Gasteiger partial charge in [-0.3, -0.25) is 19.2 Å². The van der Waals surface area contributed by atoms with Crippen LogP contribution in [-0.2, 0) is 23.9 Å². The predicted molar refractivity (Wildman–Crippen MR) is 125 cm³/mol. The van der Waals surface area contributed by atoms with Gasteiger partial charge in [0.1, 0.15) is 17.7 Å². The number of rotatable bonds is 6. The molecule has 4 aliphatic rings. The Morgan fingerprint density at radius 2 is 1.95 bits per heavy atom. The van der Waals surface area contributed by atoms with Crippen LogP contribution in [0.25, 0.3) is 0 Å². The number of ether oxygens (including phenoxy) is 1. The van der Waals surface area contributed by atoms with Crippen LogP contribution in [0.1, 0.15) is 33.6 Å². The second-order valence-electron chi connectivity index (χ2n) is 11.6. The number of carbonyl (C=O) groups is 4. The number of primary amides is 1. The molecule has 2 aliphatic heterocycles. The third kappa shape index (κ3) is 4.42. The number of allylic oxidation sites excluding steroid dienone is 2. The molecule has 208 valence electrons. The number of nitriles is 1. The molecular weight excluding hydrogens is 507 g/mol. The smallest absolute Gasteiger partial charge is 0.368 e. The maximum Gasteiger partial charge on any atom is 0.471 e. The van der Waals surface area contributed by atoms with Crippen LogP contribution in [0, 0.1) is 46.3 Å². The van der Waals surface area contributed by atoms with Gasteiger partial charge in [0.05, 0.1) is 18.6 Å². The van der Waals surface area contributed by atoms with E-state index in [2.05, 4.69) is 11.4 Å². The van der Waals surface area contributed by atoms with Crippen molar-refractivity contribution in [1.82, 2.24) is 15.5 Å². The van der Waals surface area contributed by atoms with Gasteiger partial charge in [-0.05, 0) is 29.6 Å². The van der Waals surface area contributed by atoms with E-state index in [-0.39, 0.29) is 43.9 Å². The molecule has 0 spiro atoms. The summed E-state index contributed by atoms with van der Waals surface area (Å²) in [5, 5.41) is 14.8. The molecule has 1 saturated carbocycles. The molecule has 0 aromatic carbocycles. The molecule has 8 atom stereocenters. The standard InChI is InChI=1S/C25H32F3N5O5/c1-23(2,3)18(32-22(37)25(26,27)28)20(35)33-11-15-12-4-5-13(8-12)17(15)24(33,21(30)36)14(10-29)9-16-19(34)31-6-7-38-16/h4-5,12-18H,6-9,11H2,1-3H3,(H2,30,36)(H,31,34)(H,32,37)/t12?,13?,14-,15?,16+,17?,18-,24?/m1/s1. The average molecular weight is 540 g/mol. The number of amides is 4. The van der Waals surface area contributed by atoms with Crippen molar-refractivity contribution in [1.29, 1.82) is 5.26 Å². The van der Waals surface area contributed by atoms with Crippen LogP contribution >= 0.6 is 0 Å². The first-order valence-corrected chi connectivity index (χ1v) is 12.6. The SMILES string of the molecule is CC(C)(C)[C@H](NC(=O)C(F)(F)F)C(=O)N1CC2C3C=CC(C3)C2C1(C(N)=O)[C@@H](C#N)C[C@@H]1OCCNC1=O. The molecule has 4 amide bonds. The Kier molecular flexibility index (Phi) is 7.01. The van der Waals surface area contributed by atoms with Gasteiger partial charge in [-0.15, -0.1) is 0 Å². The van der Waals surface area contributed by atoms with E-state index in [4.69, 9.17) is 10.5 Å². The van der Waals surface area contributed by atoms with E-state index in [1.807, 2.05) is 12.2 Å². The molecule has 13 heteroatoms. The number of nitrogens with two attached hydrogens (primary N) is 1. The summed E-state index contributed by atoms with van der Waals surface area (Å²) < 4.78 is 45.1. The molecule has 3 fully saturated rings. The molecule has 2 aliphatic carbocycles. The first-order valence-electron chi connectivity index (χ1n) is 12.6. The number of likely N-dealkylation sites (tertiary alicyclic amines) is 1. The Balaban J connectivity index is 1.80. The van der Waals surface area contributed by atoms with Crippen molar-refractivity contribution in [2.45, 2.75) is 57.5 Å². The number of morpholine rings is 1. The number of alkyl halides is 3. The van der Waals surface area contributed by atoms with E-state index in [0.717, 1.165) is 4.90 Å². The van der Waals surface area contributed by atoms with Gasteiger partial charge in [0, 0.05) is 25.4 Å². The molecule has 0 aromatic heterocycles. The van der Waals surface area contributed by atoms with Crippen LogP contribution in [0.4, 0.5) is 13.2 Å². The minimum absolute atomic E-state index is 0.00653. The fraction of sp³-hybridized carbons (Fsp3) is 0.720. The van der Waals surface area contributed by atoms with E-state index in [0.29, 0.717) is 6.42 Å². The highest BCUT2D eigenvalue weighted by atomic mass is 19.4. The number of nitrogens with zero attached hydrogens (tertiary/aromatic N) is 2. The summed E-state index contributed by atoms with van der Waals surface area (Å²) in [5.74, 6) is -7.00. The van der Waals surface area contributed by atoms with Gasteiger partial charge in [0.15, 0.2) is 0 Å². The topological polar surface area (TPSA) is 155 Å². The van der Waals surface area contributed by atoms with E-state index >= 15 is 0 Å². The highest BCUT2D eigenvalue weighted by molar-refractivity contribution is 5.97. The summed E-state index contributed by atoms with van der Waals surface area (Å²) in [6, 6.07) is 0.415. The van der Waals surface area contributed by atoms with Crippen LogP contribution in [0.15, 0.2) is 12.2 Å². The lowest BCUT2D eigenvalue weighted by Gasteiger charge is -2.46. The fourth-order valence-electron chi connectivity index (χ4n) is 6.83. The Morgan fingerprint density at radius 1 is 1.29 bits per heavy atom. The second kappa shape index (κ2) is 9.55. The first-order chi connectivity index (χ1) is 17.6. The third-order valence-electron chi connectivity index (χ3n) is 8.43. The predicted octanol–water partition coefficient (Wildman–Crippen LogP) is 0.629. The van der Waals surface area contributed by atoms with Gasteiger partial charge in [0.25, 0.3) is 0 Å². The van der Waals surface area contributed by atoms with Crippen LogP contribution in [0.5, 0.6) is 0 Å². The Hall–Kier alpha value is -3.14. The van der Waals surface area contributed by atoms with Crippen molar-refractivity contribution in [2.75, 3.05) is 19.7 Å². The van der Waals surface area contributed by atoms with Crippen molar-refractivity contribution in [3.05, 3.63) is 12.2 Å². The van der Waals surface area contributed by atoms with Gasteiger partial charge < -0.3 is 26.0 Å². The number of hydrogen-bond donors (Lipinski definition) is 3. The van der Waals surface area contributed by atoms with Gasteiger partial charge in [0.2, 0.25) is 17.7 Å². The van der Waals surface area contributed by atoms with Crippen LogP contribution in [0.3, 0.4) is 0 Å². The minimum Gasteiger partial charge on any atom is -0.368 e. The maximum atomic E-state index is 14.1. The second-order valence-corrected chi connectivity index (χ2v) is 11.6. The number of hydrogen-bond acceptors (Lipinski definition) is 6. The summed E-state index contributed by atoms with van der Waals surface area (Å²) in [6.07, 6.45) is -1.96. The average Bonchev–Trinajstić information content (AvgIpc) is 3.52. The number of nitrogens with one attached hydrogen (secondary N) is 2. The molecule has 2 bridgehead atoms. The molecule has 5 unspecified atom stereocenters. The van der Waals surface area contributed by atoms with Crippen molar-refractivity contribution in [2.24, 2.45) is 40.7 Å². The fourth-order valence-corrected chi connectivity index (χ4v) is 6.83. The minimum atomic E-state index is -5.24. The molecular formula is C25H32F3N5O5. The first kappa shape index (κ1) is 27.9. The zero-order valence-corrected chi connectivity index (χ0v) is 21.4. The number of halogens is 3. The van der Waals surface area contributed by atoms with E-state index in [9.17, 15) is 37.6 Å². The molecule has 10 nitrogen and oxygen atoms in total. The Bertz CT molecular complexity index is 1100. The van der Waals surface area contributed by atoms with Crippen molar-refractivity contribution < 1.29 is 37.1 Å². The molecule has 2 heterocycles. The lowest BCUT2D eigenvalue weighted by molar-refractivity contribution is -0.176. The number of carbonyl (C=O) groups excluding carboxylic acids is 4. The van der Waals surface area contributed by atoms with Gasteiger partial charge >= 0.3 is 12.1 Å². The molecule has 0 aromatic rings. The molecule has 0 radical (unpaired) electrons. The zero-order valence-electron chi connectivity index (χ0n) is 21.4. The molecule has 4 N–H and O–H groups in total. The van der Waals surface area contributed by atoms with Crippen LogP contribution in [-0.4, -0.2) is 72.1 Å². The van der Waals surface area contributed by atoms with Crippen LogP contribution in [0.2, 0.25) is 0 Å². The van der Waals surface area contributed by atoms with Crippen molar-refractivity contribution >= 4 is 23.6 Å². The lowest BCUT2D eigenvalue weighted by atomic mass is 9.65. The van der Waals surface area contributed by atoms with E-state index in [1.165, 1.54) is 20.8 Å². The molecule has 4 rings (SSSR count). The lowest BCUT2D eigenvalue weighted by Crippen LogP contribution is -2.68. The summed E-state index contributed by atoms with van der Waals surface area (Å²) in [4.78, 5) is 53.1. The quantitative estimate of drug-likeness (QED) is 0.421. The molecule has 38 heavy (non-hydrogen) atoms. The van der Waals surface area contributed by atoms with E-state index < -0.39 is 64.7 Å². The maximum absolute atomic E-state index is 14.1. The Morgan fingerprint density at radius 3 is 2.50 bits per heavy atom. The largest absolute Gasteiger partial charge is 0.471 e. The number of fused-ring (bicyclic) bond motifs is 5. The Labute approximate surface area is 218 Å². The molecule has 2 saturated heterocycles. The highest BCUT2D eigenvalue weighted by Crippen LogP contribution is 2.60. The van der Waals surface area contributed by atoms with Crippen molar-refractivity contribution in [3.63, 3.8) is 0 Å². The summed E-state index contributed by atoms with van der Waals surface area (Å²) in [7, 11) is 0. The summed E-state index contributed by atoms with van der Waals surface area (Å²) in [5.41, 5.74) is 2.92. The van der Waals surface area contributed by atoms with Gasteiger partial charge in [-0.25, -0.2) is 0 Å². The van der Waals surface area contributed by atoms with E-state index in [1.54, 1.807) is 5.32 Å². The summed E-state index contributed by atoms with van der Waals surface area (Å²) in [6.45, 7) is 4.91. The van der Waals surface area contributed by atoms with Gasteiger partial charge in [-0.1, -0.05) is 32.9 Å². The van der Waals surface area contributed by atoms with Crippen molar-refractivity contribution in [3.8, 4) is 6.07 Å². The summed E-state index contributed by atoms with van der Waals surface area (Å²) >= 11 is 0. The highest BCUT2D eigenvalue weighted by Gasteiger charge is 2.70. The normalized spacial score (nSPS) is 33.8. The monoisotopic (exact) mass is 539 g/mol. The van der Waals surface area contributed by atoms with Gasteiger partial charge in [-0.2, -0.15) is 18.4 Å².